The molecule has 1 fully saturated rings. The molecule has 0 aromatic carbocycles. The lowest BCUT2D eigenvalue weighted by atomic mass is 9.91. The summed E-state index contributed by atoms with van der Waals surface area (Å²) in [6.45, 7) is 8.63. The van der Waals surface area contributed by atoms with E-state index in [9.17, 15) is 0 Å². The van der Waals surface area contributed by atoms with Gasteiger partial charge in [0.1, 0.15) is 11.5 Å². The molecule has 4 heterocycles. The predicted molar refractivity (Wildman–Crippen MR) is 121 cm³/mol. The highest BCUT2D eigenvalue weighted by Crippen LogP contribution is 2.32. The monoisotopic (exact) mass is 404 g/mol. The molecule has 1 aliphatic carbocycles. The quantitative estimate of drug-likeness (QED) is 0.652. The molecule has 1 unspecified atom stereocenters. The number of aromatic nitrogens is 3. The van der Waals surface area contributed by atoms with E-state index < -0.39 is 0 Å². The van der Waals surface area contributed by atoms with Gasteiger partial charge in [0.15, 0.2) is 0 Å². The van der Waals surface area contributed by atoms with E-state index in [0.717, 1.165) is 57.0 Å². The lowest BCUT2D eigenvalue weighted by molar-refractivity contribution is 0.206. The Balaban J connectivity index is 1.36. The second-order valence-electron chi connectivity index (χ2n) is 8.64. The first-order valence-electron chi connectivity index (χ1n) is 11.3. The minimum atomic E-state index is 0.376. The third kappa shape index (κ3) is 3.70. The number of likely N-dealkylation sites (N-methyl/N-ethyl adjacent to an activating group) is 1. The zero-order valence-electron chi connectivity index (χ0n) is 18.2. The maximum Gasteiger partial charge on any atom is 0.138 e. The first-order valence-corrected chi connectivity index (χ1v) is 11.3. The van der Waals surface area contributed by atoms with Crippen LogP contribution < -0.4 is 4.90 Å². The van der Waals surface area contributed by atoms with Crippen LogP contribution in [0.5, 0.6) is 0 Å². The van der Waals surface area contributed by atoms with Gasteiger partial charge in [-0.25, -0.2) is 4.98 Å². The molecule has 158 valence electrons. The highest BCUT2D eigenvalue weighted by atomic mass is 15.3. The van der Waals surface area contributed by atoms with Crippen LogP contribution in [0.3, 0.4) is 0 Å². The van der Waals surface area contributed by atoms with E-state index in [1.807, 2.05) is 6.20 Å². The summed E-state index contributed by atoms with van der Waals surface area (Å²) in [6.07, 6.45) is 7.71. The molecule has 6 heteroatoms. The van der Waals surface area contributed by atoms with Gasteiger partial charge in [-0.05, 0) is 56.6 Å². The molecule has 3 aromatic rings. The lowest BCUT2D eigenvalue weighted by Gasteiger charge is -2.35. The fourth-order valence-electron chi connectivity index (χ4n) is 5.05. The van der Waals surface area contributed by atoms with Crippen molar-refractivity contribution in [2.75, 3.05) is 44.7 Å². The van der Waals surface area contributed by atoms with Gasteiger partial charge >= 0.3 is 0 Å². The van der Waals surface area contributed by atoms with Crippen LogP contribution in [-0.4, -0.2) is 63.9 Å². The summed E-state index contributed by atoms with van der Waals surface area (Å²) in [4.78, 5) is 17.1. The Bertz CT molecular complexity index is 1000. The Morgan fingerprint density at radius 1 is 1.10 bits per heavy atom. The van der Waals surface area contributed by atoms with E-state index in [1.54, 1.807) is 0 Å². The van der Waals surface area contributed by atoms with E-state index in [2.05, 4.69) is 69.6 Å². The highest BCUT2D eigenvalue weighted by Gasteiger charge is 2.25. The van der Waals surface area contributed by atoms with Crippen molar-refractivity contribution in [3.63, 3.8) is 0 Å². The summed E-state index contributed by atoms with van der Waals surface area (Å²) < 4.78 is 2.28. The molecule has 1 atom stereocenters. The number of hydrogen-bond donors (Lipinski definition) is 0. The maximum absolute atomic E-state index is 4.95. The van der Waals surface area contributed by atoms with Crippen molar-refractivity contribution in [3.8, 4) is 0 Å². The minimum absolute atomic E-state index is 0.376. The number of rotatable bonds is 5. The fraction of sp³-hybridized carbons (Fsp3) is 0.500. The average molecular weight is 405 g/mol. The van der Waals surface area contributed by atoms with Gasteiger partial charge in [0.25, 0.3) is 0 Å². The first-order chi connectivity index (χ1) is 14.7. The molecule has 6 nitrogen and oxygen atoms in total. The number of anilines is 1. The molecule has 0 amide bonds. The molecule has 0 N–H and O–H groups in total. The van der Waals surface area contributed by atoms with Gasteiger partial charge < -0.3 is 9.80 Å². The molecule has 0 bridgehead atoms. The van der Waals surface area contributed by atoms with Crippen LogP contribution in [-0.2, 0) is 13.0 Å². The Hall–Kier alpha value is -2.44. The molecule has 1 aliphatic heterocycles. The largest absolute Gasteiger partial charge is 0.355 e. The Labute approximate surface area is 179 Å². The van der Waals surface area contributed by atoms with Crippen LogP contribution in [0.1, 0.15) is 42.8 Å². The number of pyridine rings is 2. The zero-order valence-corrected chi connectivity index (χ0v) is 18.2. The second kappa shape index (κ2) is 8.36. The Morgan fingerprint density at radius 3 is 2.80 bits per heavy atom. The summed E-state index contributed by atoms with van der Waals surface area (Å²) in [5.41, 5.74) is 4.82. The van der Waals surface area contributed by atoms with Crippen molar-refractivity contribution in [3.05, 3.63) is 59.7 Å². The van der Waals surface area contributed by atoms with Crippen molar-refractivity contribution in [1.82, 2.24) is 24.2 Å². The van der Waals surface area contributed by atoms with Crippen molar-refractivity contribution >= 4 is 11.5 Å². The van der Waals surface area contributed by atoms with Crippen LogP contribution >= 0.6 is 0 Å². The predicted octanol–water partition coefficient (Wildman–Crippen LogP) is 3.38. The number of aryl methyl sites for hydroxylation is 1. The molecule has 0 saturated carbocycles. The topological polar surface area (TPSA) is 39.9 Å². The fourth-order valence-corrected chi connectivity index (χ4v) is 5.05. The lowest BCUT2D eigenvalue weighted by Crippen LogP contribution is -2.46. The summed E-state index contributed by atoms with van der Waals surface area (Å²) in [7, 11) is 2.21. The number of nitrogens with zero attached hydrogens (tertiary/aromatic N) is 6. The zero-order chi connectivity index (χ0) is 20.5. The van der Waals surface area contributed by atoms with Gasteiger partial charge in [-0.2, -0.15) is 0 Å². The van der Waals surface area contributed by atoms with Crippen LogP contribution in [0.2, 0.25) is 0 Å². The summed E-state index contributed by atoms with van der Waals surface area (Å²) >= 11 is 0. The van der Waals surface area contributed by atoms with E-state index in [4.69, 9.17) is 9.97 Å². The third-order valence-electron chi connectivity index (χ3n) is 6.77. The van der Waals surface area contributed by atoms with Gasteiger partial charge in [0, 0.05) is 45.1 Å². The van der Waals surface area contributed by atoms with E-state index in [1.165, 1.54) is 29.9 Å². The smallest absolute Gasteiger partial charge is 0.138 e. The highest BCUT2D eigenvalue weighted by molar-refractivity contribution is 5.53. The summed E-state index contributed by atoms with van der Waals surface area (Å²) in [5.74, 6) is 1.26. The van der Waals surface area contributed by atoms with Gasteiger partial charge in [-0.3, -0.25) is 14.3 Å². The third-order valence-corrected chi connectivity index (χ3v) is 6.77. The van der Waals surface area contributed by atoms with Crippen LogP contribution in [0.15, 0.2) is 42.7 Å². The second-order valence-corrected chi connectivity index (χ2v) is 8.64. The SMILES string of the molecule is CCN1CCN(c2cccc3nc(CN(C)C4CCCc5cccnc54)cn23)CC1. The van der Waals surface area contributed by atoms with Crippen LogP contribution in [0.4, 0.5) is 5.82 Å². The molecule has 5 rings (SSSR count). The number of imidazole rings is 1. The maximum atomic E-state index is 4.95. The first kappa shape index (κ1) is 19.5. The number of hydrogen-bond acceptors (Lipinski definition) is 5. The van der Waals surface area contributed by atoms with Gasteiger partial charge in [0.2, 0.25) is 0 Å². The summed E-state index contributed by atoms with van der Waals surface area (Å²) in [6, 6.07) is 11.2. The number of fused-ring (bicyclic) bond motifs is 2. The van der Waals surface area contributed by atoms with Crippen LogP contribution in [0, 0.1) is 0 Å². The Kier molecular flexibility index (Phi) is 5.44. The van der Waals surface area contributed by atoms with Crippen LogP contribution in [0.25, 0.3) is 5.65 Å². The summed E-state index contributed by atoms with van der Waals surface area (Å²) in [5, 5.41) is 0. The van der Waals surface area contributed by atoms with Crippen molar-refractivity contribution in [2.45, 2.75) is 38.8 Å². The molecular formula is C24H32N6. The molecular weight excluding hydrogens is 372 g/mol. The molecule has 0 spiro atoms. The van der Waals surface area contributed by atoms with Gasteiger partial charge in [-0.1, -0.05) is 19.1 Å². The van der Waals surface area contributed by atoms with Crippen molar-refractivity contribution < 1.29 is 0 Å². The van der Waals surface area contributed by atoms with E-state index in [-0.39, 0.29) is 0 Å². The van der Waals surface area contributed by atoms with E-state index in [0.29, 0.717) is 6.04 Å². The van der Waals surface area contributed by atoms with E-state index >= 15 is 0 Å². The number of piperazine rings is 1. The molecule has 30 heavy (non-hydrogen) atoms. The molecule has 0 radical (unpaired) electrons. The Morgan fingerprint density at radius 2 is 1.97 bits per heavy atom. The molecule has 1 saturated heterocycles. The molecule has 2 aliphatic rings. The van der Waals surface area contributed by atoms with Crippen molar-refractivity contribution in [1.29, 1.82) is 0 Å². The van der Waals surface area contributed by atoms with Gasteiger partial charge in [-0.15, -0.1) is 0 Å². The molecule has 3 aromatic heterocycles. The van der Waals surface area contributed by atoms with Gasteiger partial charge in [0.05, 0.1) is 17.4 Å². The average Bonchev–Trinajstić information content (AvgIpc) is 3.21. The normalized spacial score (nSPS) is 20.1. The standard InChI is InChI=1S/C24H32N6/c1-3-28-13-15-29(16-14-28)23-11-5-10-22-26-20(18-30(22)23)17-27(2)21-9-4-7-19-8-6-12-25-24(19)21/h5-6,8,10-12,18,21H,3-4,7,9,13-17H2,1-2H3. The minimum Gasteiger partial charge on any atom is -0.355 e. The van der Waals surface area contributed by atoms with Crippen molar-refractivity contribution in [2.24, 2.45) is 0 Å².